The average Bonchev–Trinajstić information content (AvgIpc) is 3.06. The van der Waals surface area contributed by atoms with Crippen LogP contribution in [0.25, 0.3) is 5.69 Å². The monoisotopic (exact) mass is 389 g/mol. The molecule has 1 N–H and O–H groups in total. The molecule has 0 spiro atoms. The Morgan fingerprint density at radius 2 is 1.81 bits per heavy atom. The molecule has 0 saturated carbocycles. The molecular weight excluding hydrogens is 373 g/mol. The van der Waals surface area contributed by atoms with Gasteiger partial charge in [-0.15, -0.1) is 0 Å². The van der Waals surface area contributed by atoms with Crippen molar-refractivity contribution in [1.29, 1.82) is 0 Å². The SMILES string of the molecule is CCOC(=O)c1cnn(-c2ccccc2)c1NS(=O)(=O)c1ccc(F)cc1. The summed E-state index contributed by atoms with van der Waals surface area (Å²) in [5.74, 6) is -1.34. The van der Waals surface area contributed by atoms with E-state index in [0.717, 1.165) is 24.3 Å². The second kappa shape index (κ2) is 7.58. The molecule has 2 aromatic carbocycles. The summed E-state index contributed by atoms with van der Waals surface area (Å²) in [6.07, 6.45) is 1.23. The lowest BCUT2D eigenvalue weighted by atomic mass is 10.3. The van der Waals surface area contributed by atoms with Crippen molar-refractivity contribution in [3.05, 3.63) is 72.2 Å². The van der Waals surface area contributed by atoms with Gasteiger partial charge < -0.3 is 4.74 Å². The Kier molecular flexibility index (Phi) is 5.22. The molecular formula is C18H16FN3O4S. The molecule has 3 rings (SSSR count). The van der Waals surface area contributed by atoms with Gasteiger partial charge in [0.1, 0.15) is 11.4 Å². The number of hydrogen-bond donors (Lipinski definition) is 1. The van der Waals surface area contributed by atoms with Gasteiger partial charge in [-0.25, -0.2) is 22.3 Å². The van der Waals surface area contributed by atoms with Crippen LogP contribution in [0.1, 0.15) is 17.3 Å². The molecule has 0 unspecified atom stereocenters. The third-order valence-corrected chi connectivity index (χ3v) is 4.98. The molecule has 0 radical (unpaired) electrons. The first kappa shape index (κ1) is 18.6. The zero-order chi connectivity index (χ0) is 19.4. The third kappa shape index (κ3) is 3.98. The highest BCUT2D eigenvalue weighted by Crippen LogP contribution is 2.24. The van der Waals surface area contributed by atoms with E-state index in [4.69, 9.17) is 4.74 Å². The Hall–Kier alpha value is -3.20. The first-order chi connectivity index (χ1) is 12.9. The van der Waals surface area contributed by atoms with Crippen molar-refractivity contribution in [2.75, 3.05) is 11.3 Å². The predicted octanol–water partition coefficient (Wildman–Crippen LogP) is 2.99. The number of nitrogens with zero attached hydrogens (tertiary/aromatic N) is 2. The molecule has 0 fully saturated rings. The standard InChI is InChI=1S/C18H16FN3O4S/c1-2-26-18(23)16-12-20-22(14-6-4-3-5-7-14)17(16)21-27(24,25)15-10-8-13(19)9-11-15/h3-12,21H,2H2,1H3. The molecule has 0 saturated heterocycles. The number of sulfonamides is 1. The van der Waals surface area contributed by atoms with Crippen LogP contribution in [-0.2, 0) is 14.8 Å². The lowest BCUT2D eigenvalue weighted by Crippen LogP contribution is -2.18. The van der Waals surface area contributed by atoms with E-state index < -0.39 is 21.8 Å². The summed E-state index contributed by atoms with van der Waals surface area (Å²) in [5.41, 5.74) is 0.510. The fraction of sp³-hybridized carbons (Fsp3) is 0.111. The second-order valence-electron chi connectivity index (χ2n) is 5.43. The van der Waals surface area contributed by atoms with E-state index in [1.807, 2.05) is 0 Å². The van der Waals surface area contributed by atoms with Crippen LogP contribution in [0.5, 0.6) is 0 Å². The molecule has 0 aliphatic rings. The summed E-state index contributed by atoms with van der Waals surface area (Å²) >= 11 is 0. The van der Waals surface area contributed by atoms with Gasteiger partial charge in [0.25, 0.3) is 10.0 Å². The van der Waals surface area contributed by atoms with Crippen LogP contribution in [0.3, 0.4) is 0 Å². The number of benzene rings is 2. The Labute approximate surface area is 155 Å². The number of halogens is 1. The van der Waals surface area contributed by atoms with Gasteiger partial charge in [0, 0.05) is 0 Å². The van der Waals surface area contributed by atoms with Gasteiger partial charge in [0.2, 0.25) is 0 Å². The number of hydrogen-bond acceptors (Lipinski definition) is 5. The number of nitrogens with one attached hydrogen (secondary N) is 1. The smallest absolute Gasteiger partial charge is 0.343 e. The van der Waals surface area contributed by atoms with Gasteiger partial charge in [-0.3, -0.25) is 4.72 Å². The predicted molar refractivity (Wildman–Crippen MR) is 96.7 cm³/mol. The normalized spacial score (nSPS) is 11.2. The maximum Gasteiger partial charge on any atom is 0.343 e. The van der Waals surface area contributed by atoms with Crippen molar-refractivity contribution in [2.24, 2.45) is 0 Å². The van der Waals surface area contributed by atoms with E-state index in [2.05, 4.69) is 9.82 Å². The van der Waals surface area contributed by atoms with E-state index in [0.29, 0.717) is 5.69 Å². The largest absolute Gasteiger partial charge is 0.462 e. The summed E-state index contributed by atoms with van der Waals surface area (Å²) in [5, 5.41) is 4.11. The molecule has 140 valence electrons. The topological polar surface area (TPSA) is 90.3 Å². The highest BCUT2D eigenvalue weighted by Gasteiger charge is 2.25. The summed E-state index contributed by atoms with van der Waals surface area (Å²) in [6.45, 7) is 1.77. The van der Waals surface area contributed by atoms with Crippen LogP contribution in [0.4, 0.5) is 10.2 Å². The van der Waals surface area contributed by atoms with Crippen LogP contribution in [0.2, 0.25) is 0 Å². The quantitative estimate of drug-likeness (QED) is 0.655. The summed E-state index contributed by atoms with van der Waals surface area (Å²) < 4.78 is 47.1. The molecule has 3 aromatic rings. The number of carbonyl (C=O) groups is 1. The minimum absolute atomic E-state index is 0.0358. The zero-order valence-corrected chi connectivity index (χ0v) is 15.1. The molecule has 1 heterocycles. The molecule has 27 heavy (non-hydrogen) atoms. The second-order valence-corrected chi connectivity index (χ2v) is 7.12. The Bertz CT molecular complexity index is 1050. The van der Waals surface area contributed by atoms with Crippen LogP contribution >= 0.6 is 0 Å². The number of ether oxygens (including phenoxy) is 1. The van der Waals surface area contributed by atoms with Crippen LogP contribution in [0, 0.1) is 5.82 Å². The van der Waals surface area contributed by atoms with Crippen molar-refractivity contribution in [1.82, 2.24) is 9.78 Å². The highest BCUT2D eigenvalue weighted by atomic mass is 32.2. The van der Waals surface area contributed by atoms with Gasteiger partial charge in [-0.1, -0.05) is 18.2 Å². The fourth-order valence-corrected chi connectivity index (χ4v) is 3.43. The van der Waals surface area contributed by atoms with Crippen molar-refractivity contribution >= 4 is 21.8 Å². The van der Waals surface area contributed by atoms with Crippen molar-refractivity contribution in [3.63, 3.8) is 0 Å². The van der Waals surface area contributed by atoms with Gasteiger partial charge in [0.15, 0.2) is 5.82 Å². The number of aromatic nitrogens is 2. The number of anilines is 1. The minimum Gasteiger partial charge on any atom is -0.462 e. The number of para-hydroxylation sites is 1. The Morgan fingerprint density at radius 1 is 1.15 bits per heavy atom. The molecule has 0 atom stereocenters. The molecule has 0 aliphatic heterocycles. The Balaban J connectivity index is 2.07. The Morgan fingerprint density at radius 3 is 2.44 bits per heavy atom. The zero-order valence-electron chi connectivity index (χ0n) is 14.3. The van der Waals surface area contributed by atoms with E-state index in [1.165, 1.54) is 10.9 Å². The lowest BCUT2D eigenvalue weighted by molar-refractivity contribution is 0.0527. The number of esters is 1. The summed E-state index contributed by atoms with van der Waals surface area (Å²) in [6, 6.07) is 13.0. The minimum atomic E-state index is -4.09. The third-order valence-electron chi connectivity index (χ3n) is 3.62. The van der Waals surface area contributed by atoms with E-state index in [-0.39, 0.29) is 22.9 Å². The summed E-state index contributed by atoms with van der Waals surface area (Å²) in [7, 11) is -4.09. The fourth-order valence-electron chi connectivity index (χ4n) is 2.37. The van der Waals surface area contributed by atoms with E-state index in [9.17, 15) is 17.6 Å². The summed E-state index contributed by atoms with van der Waals surface area (Å²) in [4.78, 5) is 12.1. The maximum absolute atomic E-state index is 13.1. The van der Waals surface area contributed by atoms with Crippen LogP contribution in [0.15, 0.2) is 65.7 Å². The van der Waals surface area contributed by atoms with Crippen molar-refractivity contribution in [2.45, 2.75) is 11.8 Å². The lowest BCUT2D eigenvalue weighted by Gasteiger charge is -2.12. The number of rotatable bonds is 6. The molecule has 0 aliphatic carbocycles. The van der Waals surface area contributed by atoms with Gasteiger partial charge >= 0.3 is 5.97 Å². The van der Waals surface area contributed by atoms with Gasteiger partial charge in [0.05, 0.1) is 23.4 Å². The first-order valence-corrected chi connectivity index (χ1v) is 9.49. The molecule has 0 bridgehead atoms. The average molecular weight is 389 g/mol. The van der Waals surface area contributed by atoms with Gasteiger partial charge in [-0.2, -0.15) is 5.10 Å². The number of carbonyl (C=O) groups excluding carboxylic acids is 1. The van der Waals surface area contributed by atoms with E-state index in [1.54, 1.807) is 37.3 Å². The molecule has 0 amide bonds. The molecule has 7 nitrogen and oxygen atoms in total. The van der Waals surface area contributed by atoms with Crippen molar-refractivity contribution in [3.8, 4) is 5.69 Å². The molecule has 1 aromatic heterocycles. The van der Waals surface area contributed by atoms with Crippen molar-refractivity contribution < 1.29 is 22.3 Å². The molecule has 9 heteroatoms. The first-order valence-electron chi connectivity index (χ1n) is 8.01. The van der Waals surface area contributed by atoms with Crippen LogP contribution in [-0.4, -0.2) is 30.8 Å². The highest BCUT2D eigenvalue weighted by molar-refractivity contribution is 7.92. The van der Waals surface area contributed by atoms with E-state index >= 15 is 0 Å². The maximum atomic E-state index is 13.1. The van der Waals surface area contributed by atoms with Gasteiger partial charge in [-0.05, 0) is 43.3 Å². The van der Waals surface area contributed by atoms with Crippen LogP contribution < -0.4 is 4.72 Å².